The molecule has 174 valence electrons. The maximum absolute atomic E-state index is 10.2. The van der Waals surface area contributed by atoms with Gasteiger partial charge in [0, 0.05) is 12.1 Å². The smallest absolute Gasteiger partial charge is 0.161 e. The number of hydrogen-bond acceptors (Lipinski definition) is 6. The van der Waals surface area contributed by atoms with Gasteiger partial charge in [0.1, 0.15) is 5.75 Å². The Bertz CT molecular complexity index is 932. The van der Waals surface area contributed by atoms with E-state index in [-0.39, 0.29) is 17.7 Å². The van der Waals surface area contributed by atoms with Gasteiger partial charge in [0.25, 0.3) is 0 Å². The summed E-state index contributed by atoms with van der Waals surface area (Å²) in [5, 5.41) is 10.2. The quantitative estimate of drug-likeness (QED) is 0.514. The number of aryl methyl sites for hydroxylation is 1. The van der Waals surface area contributed by atoms with E-state index in [0.29, 0.717) is 19.3 Å². The van der Waals surface area contributed by atoms with Gasteiger partial charge in [-0.15, -0.1) is 0 Å². The molecule has 6 heteroatoms. The van der Waals surface area contributed by atoms with Crippen LogP contribution in [0.4, 0.5) is 0 Å². The van der Waals surface area contributed by atoms with Crippen LogP contribution in [0.25, 0.3) is 0 Å². The molecule has 1 saturated heterocycles. The molecule has 1 N–H and O–H groups in total. The monoisotopic (exact) mass is 457 g/mol. The third-order valence-electron chi connectivity index (χ3n) is 6.24. The van der Waals surface area contributed by atoms with Crippen LogP contribution in [0.15, 0.2) is 41.3 Å². The molecule has 2 unspecified atom stereocenters. The summed E-state index contributed by atoms with van der Waals surface area (Å²) in [6, 6.07) is 13.4. The van der Waals surface area contributed by atoms with Crippen LogP contribution < -0.4 is 14.2 Å². The average Bonchev–Trinajstić information content (AvgIpc) is 3.31. The van der Waals surface area contributed by atoms with Gasteiger partial charge in [-0.25, -0.2) is 0 Å². The van der Waals surface area contributed by atoms with Crippen molar-refractivity contribution in [3.8, 4) is 17.2 Å². The third-order valence-corrected chi connectivity index (χ3v) is 7.36. The minimum absolute atomic E-state index is 0.0784. The molecule has 2 atom stereocenters. The van der Waals surface area contributed by atoms with Gasteiger partial charge in [0.2, 0.25) is 0 Å². The lowest BCUT2D eigenvalue weighted by molar-refractivity contribution is 0.0596. The maximum atomic E-state index is 10.2. The second-order valence-corrected chi connectivity index (χ2v) is 10.5. The Kier molecular flexibility index (Phi) is 7.23. The van der Waals surface area contributed by atoms with Gasteiger partial charge in [-0.3, -0.25) is 4.90 Å². The number of rotatable bonds is 9. The Balaban J connectivity index is 1.43. The van der Waals surface area contributed by atoms with Crippen LogP contribution in [0.5, 0.6) is 17.2 Å². The van der Waals surface area contributed by atoms with Gasteiger partial charge < -0.3 is 19.3 Å². The van der Waals surface area contributed by atoms with Gasteiger partial charge in [0.05, 0.1) is 24.8 Å². The highest BCUT2D eigenvalue weighted by atomic mass is 32.2. The summed E-state index contributed by atoms with van der Waals surface area (Å²) in [5.74, 6) is 2.59. The van der Waals surface area contributed by atoms with E-state index in [0.717, 1.165) is 42.9 Å². The Labute approximate surface area is 196 Å². The molecule has 2 heterocycles. The summed E-state index contributed by atoms with van der Waals surface area (Å²) >= 11 is 1.77. The van der Waals surface area contributed by atoms with Crippen molar-refractivity contribution in [3.05, 3.63) is 47.5 Å². The number of thioether (sulfide) groups is 1. The Morgan fingerprint density at radius 3 is 2.59 bits per heavy atom. The molecule has 0 aliphatic carbocycles. The lowest BCUT2D eigenvalue weighted by Gasteiger charge is -2.28. The standard InChI is InChI=1S/C26H35NO4S/c1-5-29-22-13-8-18(15-24(22)30-6-2)7-10-20-11-12-21(27(20)17-28)19-9-14-23-25(16-19)32-26(3,4)31-23/h8-9,13-16,20-21,28H,5-7,10-12,17H2,1-4H3. The van der Waals surface area contributed by atoms with Crippen LogP contribution in [0.3, 0.4) is 0 Å². The van der Waals surface area contributed by atoms with Gasteiger partial charge in [0.15, 0.2) is 16.4 Å². The first-order valence-corrected chi connectivity index (χ1v) is 12.5. The zero-order chi connectivity index (χ0) is 22.7. The van der Waals surface area contributed by atoms with E-state index in [2.05, 4.69) is 49.1 Å². The highest BCUT2D eigenvalue weighted by Crippen LogP contribution is 2.49. The molecular weight excluding hydrogens is 422 g/mol. The van der Waals surface area contributed by atoms with E-state index in [4.69, 9.17) is 14.2 Å². The van der Waals surface area contributed by atoms with Gasteiger partial charge in [-0.1, -0.05) is 23.9 Å². The molecule has 2 aliphatic heterocycles. The van der Waals surface area contributed by atoms with Crippen molar-refractivity contribution in [2.24, 2.45) is 0 Å². The van der Waals surface area contributed by atoms with E-state index in [1.807, 2.05) is 19.9 Å². The molecule has 2 aromatic rings. The Morgan fingerprint density at radius 2 is 1.84 bits per heavy atom. The fourth-order valence-electron chi connectivity index (χ4n) is 4.85. The van der Waals surface area contributed by atoms with E-state index in [1.54, 1.807) is 11.8 Å². The SMILES string of the molecule is CCOc1ccc(CCC2CCC(c3ccc4c(c3)SC(C)(C)O4)N2CO)cc1OCC. The lowest BCUT2D eigenvalue weighted by atomic mass is 10.0. The molecule has 0 bridgehead atoms. The largest absolute Gasteiger partial charge is 0.490 e. The molecule has 2 aromatic carbocycles. The number of aliphatic hydroxyl groups excluding tert-OH is 1. The number of nitrogens with zero attached hydrogens (tertiary/aromatic N) is 1. The second-order valence-electron chi connectivity index (χ2n) is 8.90. The fraction of sp³-hybridized carbons (Fsp3) is 0.538. The summed E-state index contributed by atoms with van der Waals surface area (Å²) in [6.07, 6.45) is 4.11. The fourth-order valence-corrected chi connectivity index (χ4v) is 5.92. The Hall–Kier alpha value is -1.89. The predicted octanol–water partition coefficient (Wildman–Crippen LogP) is 5.79. The minimum Gasteiger partial charge on any atom is -0.490 e. The minimum atomic E-state index is -0.214. The average molecular weight is 458 g/mol. The number of benzene rings is 2. The molecular formula is C26H35NO4S. The number of fused-ring (bicyclic) bond motifs is 1. The van der Waals surface area contributed by atoms with E-state index >= 15 is 0 Å². The summed E-state index contributed by atoms with van der Waals surface area (Å²) < 4.78 is 17.5. The maximum Gasteiger partial charge on any atom is 0.161 e. The summed E-state index contributed by atoms with van der Waals surface area (Å²) in [5.41, 5.74) is 2.51. The van der Waals surface area contributed by atoms with E-state index < -0.39 is 0 Å². The first kappa shape index (κ1) is 23.3. The van der Waals surface area contributed by atoms with Crippen LogP contribution >= 0.6 is 11.8 Å². The highest BCUT2D eigenvalue weighted by molar-refractivity contribution is 8.00. The van der Waals surface area contributed by atoms with Crippen molar-refractivity contribution in [1.82, 2.24) is 4.90 Å². The molecule has 32 heavy (non-hydrogen) atoms. The predicted molar refractivity (Wildman–Crippen MR) is 129 cm³/mol. The van der Waals surface area contributed by atoms with Gasteiger partial charge in [-0.2, -0.15) is 0 Å². The van der Waals surface area contributed by atoms with Crippen molar-refractivity contribution in [3.63, 3.8) is 0 Å². The lowest BCUT2D eigenvalue weighted by Crippen LogP contribution is -2.32. The number of aliphatic hydroxyl groups is 1. The summed E-state index contributed by atoms with van der Waals surface area (Å²) in [4.78, 5) is 3.24. The summed E-state index contributed by atoms with van der Waals surface area (Å²) in [7, 11) is 0. The van der Waals surface area contributed by atoms with Crippen molar-refractivity contribution in [1.29, 1.82) is 0 Å². The molecule has 0 spiro atoms. The highest BCUT2D eigenvalue weighted by Gasteiger charge is 2.36. The van der Waals surface area contributed by atoms with Crippen molar-refractivity contribution in [2.45, 2.75) is 75.3 Å². The number of likely N-dealkylation sites (tertiary alicyclic amines) is 1. The number of ether oxygens (including phenoxy) is 3. The van der Waals surface area contributed by atoms with Crippen LogP contribution in [0.2, 0.25) is 0 Å². The zero-order valence-corrected chi connectivity index (χ0v) is 20.4. The first-order valence-electron chi connectivity index (χ1n) is 11.7. The molecule has 1 fully saturated rings. The number of hydrogen-bond donors (Lipinski definition) is 1. The molecule has 2 aliphatic rings. The van der Waals surface area contributed by atoms with Crippen LogP contribution in [-0.2, 0) is 6.42 Å². The van der Waals surface area contributed by atoms with Crippen molar-refractivity contribution < 1.29 is 19.3 Å². The second kappa shape index (κ2) is 9.94. The normalized spacial score (nSPS) is 21.9. The molecule has 0 aromatic heterocycles. The van der Waals surface area contributed by atoms with E-state index in [1.165, 1.54) is 16.0 Å². The van der Waals surface area contributed by atoms with Crippen LogP contribution in [0.1, 0.15) is 64.1 Å². The molecule has 0 radical (unpaired) electrons. The van der Waals surface area contributed by atoms with Crippen molar-refractivity contribution in [2.75, 3.05) is 19.9 Å². The Morgan fingerprint density at radius 1 is 1.06 bits per heavy atom. The molecule has 4 rings (SSSR count). The van der Waals surface area contributed by atoms with Crippen LogP contribution in [0, 0.1) is 0 Å². The molecule has 5 nitrogen and oxygen atoms in total. The van der Waals surface area contributed by atoms with E-state index in [9.17, 15) is 5.11 Å². The van der Waals surface area contributed by atoms with Crippen molar-refractivity contribution >= 4 is 11.8 Å². The first-order chi connectivity index (χ1) is 15.4. The molecule has 0 saturated carbocycles. The van der Waals surface area contributed by atoms with Gasteiger partial charge >= 0.3 is 0 Å². The van der Waals surface area contributed by atoms with Crippen LogP contribution in [-0.4, -0.2) is 40.9 Å². The van der Waals surface area contributed by atoms with Gasteiger partial charge in [-0.05, 0) is 88.8 Å². The third kappa shape index (κ3) is 5.03. The zero-order valence-electron chi connectivity index (χ0n) is 19.6. The summed E-state index contributed by atoms with van der Waals surface area (Å²) in [6.45, 7) is 9.49. The topological polar surface area (TPSA) is 51.2 Å². The molecule has 0 amide bonds.